The van der Waals surface area contributed by atoms with Gasteiger partial charge in [-0.15, -0.1) is 0 Å². The number of aliphatic hydroxyl groups is 1. The van der Waals surface area contributed by atoms with Crippen molar-refractivity contribution >= 4 is 5.91 Å². The second-order valence-electron chi connectivity index (χ2n) is 3.79. The fraction of sp³-hybridized carbons (Fsp3) is 0.500. The van der Waals surface area contributed by atoms with Crippen molar-refractivity contribution in [3.05, 3.63) is 29.6 Å². The maximum Gasteiger partial charge on any atom is 0.253 e. The van der Waals surface area contributed by atoms with Gasteiger partial charge >= 0.3 is 0 Å². The van der Waals surface area contributed by atoms with Gasteiger partial charge in [0.05, 0.1) is 11.7 Å². The monoisotopic (exact) mass is 222 g/mol. The molecule has 88 valence electrons. The molecule has 0 aliphatic carbocycles. The van der Waals surface area contributed by atoms with E-state index in [0.717, 1.165) is 6.42 Å². The molecule has 0 aromatic carbocycles. The molecule has 2 N–H and O–H groups in total. The molecule has 1 rings (SSSR count). The third-order valence-electron chi connectivity index (χ3n) is 2.37. The molecular weight excluding hydrogens is 204 g/mol. The highest BCUT2D eigenvalue weighted by Gasteiger charge is 2.10. The number of carbonyl (C=O) groups is 1. The molecule has 0 saturated carbocycles. The van der Waals surface area contributed by atoms with Crippen LogP contribution in [0.5, 0.6) is 0 Å². The summed E-state index contributed by atoms with van der Waals surface area (Å²) in [5.74, 6) is -0.180. The number of hydrogen-bond acceptors (Lipinski definition) is 3. The van der Waals surface area contributed by atoms with Gasteiger partial charge in [-0.3, -0.25) is 9.78 Å². The zero-order chi connectivity index (χ0) is 12.0. The molecule has 0 bridgehead atoms. The van der Waals surface area contributed by atoms with Crippen LogP contribution in [0.15, 0.2) is 18.3 Å². The first kappa shape index (κ1) is 12.6. The van der Waals surface area contributed by atoms with Gasteiger partial charge in [0.1, 0.15) is 0 Å². The number of amides is 1. The zero-order valence-electron chi connectivity index (χ0n) is 9.73. The van der Waals surface area contributed by atoms with Crippen LogP contribution < -0.4 is 5.32 Å². The van der Waals surface area contributed by atoms with Crippen LogP contribution in [0, 0.1) is 6.92 Å². The summed E-state index contributed by atoms with van der Waals surface area (Å²) >= 11 is 0. The predicted molar refractivity (Wildman–Crippen MR) is 62.2 cm³/mol. The van der Waals surface area contributed by atoms with Gasteiger partial charge < -0.3 is 10.4 Å². The maximum atomic E-state index is 11.7. The Labute approximate surface area is 95.7 Å². The molecule has 0 aliphatic rings. The minimum absolute atomic E-state index is 0.180. The lowest BCUT2D eigenvalue weighted by molar-refractivity contribution is 0.0909. The fourth-order valence-electron chi connectivity index (χ4n) is 1.47. The topological polar surface area (TPSA) is 62.2 Å². The molecule has 0 radical (unpaired) electrons. The average Bonchev–Trinajstić information content (AvgIpc) is 2.27. The summed E-state index contributed by atoms with van der Waals surface area (Å²) in [7, 11) is 0. The highest BCUT2D eigenvalue weighted by atomic mass is 16.3. The number of hydrogen-bond donors (Lipinski definition) is 2. The van der Waals surface area contributed by atoms with E-state index >= 15 is 0 Å². The van der Waals surface area contributed by atoms with E-state index in [9.17, 15) is 9.90 Å². The lowest BCUT2D eigenvalue weighted by atomic mass is 10.1. The van der Waals surface area contributed by atoms with E-state index < -0.39 is 6.10 Å². The van der Waals surface area contributed by atoms with E-state index in [2.05, 4.69) is 10.3 Å². The highest BCUT2D eigenvalue weighted by molar-refractivity contribution is 5.95. The number of aromatic nitrogens is 1. The van der Waals surface area contributed by atoms with Gasteiger partial charge in [0.25, 0.3) is 5.91 Å². The van der Waals surface area contributed by atoms with Gasteiger partial charge in [-0.1, -0.05) is 13.3 Å². The van der Waals surface area contributed by atoms with Crippen LogP contribution in [-0.2, 0) is 0 Å². The quantitative estimate of drug-likeness (QED) is 0.789. The molecule has 1 amide bonds. The predicted octanol–water partition coefficient (Wildman–Crippen LogP) is 1.28. The molecule has 1 aromatic rings. The smallest absolute Gasteiger partial charge is 0.253 e. The van der Waals surface area contributed by atoms with E-state index in [1.54, 1.807) is 25.3 Å². The van der Waals surface area contributed by atoms with E-state index in [1.165, 1.54) is 0 Å². The molecule has 1 atom stereocenters. The maximum absolute atomic E-state index is 11.7. The molecule has 0 saturated heterocycles. The SMILES string of the molecule is CCCC(O)CNC(=O)c1cccnc1C. The molecule has 1 aromatic heterocycles. The minimum atomic E-state index is -0.467. The Kier molecular flexibility index (Phi) is 4.92. The summed E-state index contributed by atoms with van der Waals surface area (Å²) in [5.41, 5.74) is 1.26. The minimum Gasteiger partial charge on any atom is -0.391 e. The van der Waals surface area contributed by atoms with Crippen molar-refractivity contribution in [2.75, 3.05) is 6.54 Å². The summed E-state index contributed by atoms with van der Waals surface area (Å²) in [6.07, 6.45) is 2.79. The third kappa shape index (κ3) is 3.62. The van der Waals surface area contributed by atoms with Crippen molar-refractivity contribution in [2.45, 2.75) is 32.8 Å². The summed E-state index contributed by atoms with van der Waals surface area (Å²) in [4.78, 5) is 15.8. The molecule has 16 heavy (non-hydrogen) atoms. The molecule has 0 fully saturated rings. The first-order valence-corrected chi connectivity index (χ1v) is 5.53. The van der Waals surface area contributed by atoms with Crippen molar-refractivity contribution in [2.24, 2.45) is 0 Å². The summed E-state index contributed by atoms with van der Waals surface area (Å²) in [6, 6.07) is 3.45. The summed E-state index contributed by atoms with van der Waals surface area (Å²) in [6.45, 7) is 4.08. The van der Waals surface area contributed by atoms with Crippen molar-refractivity contribution in [1.82, 2.24) is 10.3 Å². The zero-order valence-corrected chi connectivity index (χ0v) is 9.73. The van der Waals surface area contributed by atoms with Crippen molar-refractivity contribution < 1.29 is 9.90 Å². The Balaban J connectivity index is 2.50. The van der Waals surface area contributed by atoms with Gasteiger partial charge in [-0.05, 0) is 25.5 Å². The number of pyridine rings is 1. The second-order valence-corrected chi connectivity index (χ2v) is 3.79. The normalized spacial score (nSPS) is 12.2. The van der Waals surface area contributed by atoms with Gasteiger partial charge in [0, 0.05) is 18.4 Å². The van der Waals surface area contributed by atoms with E-state index in [4.69, 9.17) is 0 Å². The van der Waals surface area contributed by atoms with Gasteiger partial charge in [0.2, 0.25) is 0 Å². The standard InChI is InChI=1S/C12H18N2O2/c1-3-5-10(15)8-14-12(16)11-6-4-7-13-9(11)2/h4,6-7,10,15H,3,5,8H2,1-2H3,(H,14,16). The van der Waals surface area contributed by atoms with E-state index in [-0.39, 0.29) is 5.91 Å². The van der Waals surface area contributed by atoms with Crippen molar-refractivity contribution in [3.63, 3.8) is 0 Å². The number of nitrogens with zero attached hydrogens (tertiary/aromatic N) is 1. The third-order valence-corrected chi connectivity index (χ3v) is 2.37. The number of aryl methyl sites for hydroxylation is 1. The first-order chi connectivity index (χ1) is 7.65. The molecule has 0 spiro atoms. The number of carbonyl (C=O) groups excluding carboxylic acids is 1. The van der Waals surface area contributed by atoms with Crippen LogP contribution in [0.3, 0.4) is 0 Å². The molecule has 1 unspecified atom stereocenters. The van der Waals surface area contributed by atoms with E-state index in [0.29, 0.717) is 24.2 Å². The van der Waals surface area contributed by atoms with Crippen molar-refractivity contribution in [1.29, 1.82) is 0 Å². The van der Waals surface area contributed by atoms with Gasteiger partial charge in [0.15, 0.2) is 0 Å². The summed E-state index contributed by atoms with van der Waals surface area (Å²) < 4.78 is 0. The molecule has 0 aliphatic heterocycles. The van der Waals surface area contributed by atoms with Crippen LogP contribution in [0.2, 0.25) is 0 Å². The Bertz CT molecular complexity index is 353. The number of nitrogens with one attached hydrogen (secondary N) is 1. The Morgan fingerprint density at radius 3 is 3.00 bits per heavy atom. The Hall–Kier alpha value is -1.42. The van der Waals surface area contributed by atoms with Gasteiger partial charge in [-0.2, -0.15) is 0 Å². The fourth-order valence-corrected chi connectivity index (χ4v) is 1.47. The van der Waals surface area contributed by atoms with Crippen LogP contribution in [0.25, 0.3) is 0 Å². The van der Waals surface area contributed by atoms with Gasteiger partial charge in [-0.25, -0.2) is 0 Å². The average molecular weight is 222 g/mol. The Morgan fingerprint density at radius 2 is 2.38 bits per heavy atom. The Morgan fingerprint density at radius 1 is 1.62 bits per heavy atom. The lowest BCUT2D eigenvalue weighted by Crippen LogP contribution is -2.32. The van der Waals surface area contributed by atoms with Crippen molar-refractivity contribution in [3.8, 4) is 0 Å². The number of aliphatic hydroxyl groups excluding tert-OH is 1. The van der Waals surface area contributed by atoms with Crippen LogP contribution in [0.1, 0.15) is 35.8 Å². The molecule has 1 heterocycles. The summed E-state index contributed by atoms with van der Waals surface area (Å²) in [5, 5.41) is 12.2. The first-order valence-electron chi connectivity index (χ1n) is 5.53. The number of rotatable bonds is 5. The van der Waals surface area contributed by atoms with Crippen LogP contribution in [-0.4, -0.2) is 28.6 Å². The van der Waals surface area contributed by atoms with Crippen LogP contribution >= 0.6 is 0 Å². The van der Waals surface area contributed by atoms with E-state index in [1.807, 2.05) is 6.92 Å². The molecule has 4 heteroatoms. The molecular formula is C12H18N2O2. The second kappa shape index (κ2) is 6.23. The highest BCUT2D eigenvalue weighted by Crippen LogP contribution is 2.03. The largest absolute Gasteiger partial charge is 0.391 e. The lowest BCUT2D eigenvalue weighted by Gasteiger charge is -2.11. The molecule has 4 nitrogen and oxygen atoms in total. The van der Waals surface area contributed by atoms with Crippen LogP contribution in [0.4, 0.5) is 0 Å².